The fraction of sp³-hybridized carbons (Fsp3) is 0.190. The van der Waals surface area contributed by atoms with Gasteiger partial charge in [-0.15, -0.1) is 0 Å². The molecule has 0 aliphatic carbocycles. The highest BCUT2D eigenvalue weighted by atomic mass is 16.4. The number of para-hydroxylation sites is 2. The third-order valence-electron chi connectivity index (χ3n) is 5.57. The van der Waals surface area contributed by atoms with Crippen LogP contribution in [0.4, 0.5) is 5.69 Å². The lowest BCUT2D eigenvalue weighted by Crippen LogP contribution is -2.54. The molecule has 0 radical (unpaired) electrons. The maximum Gasteiger partial charge on any atom is 0.338 e. The number of hydrogen-bond acceptors (Lipinski definition) is 3. The number of anilines is 1. The summed E-state index contributed by atoms with van der Waals surface area (Å²) in [5.74, 6) is -1.62. The van der Waals surface area contributed by atoms with Gasteiger partial charge in [-0.1, -0.05) is 36.4 Å². The largest absolute Gasteiger partial charge is 0.478 e. The maximum atomic E-state index is 13.2. The number of hydrogen-bond donors (Lipinski definition) is 1. The van der Waals surface area contributed by atoms with Crippen LogP contribution in [0.25, 0.3) is 10.9 Å². The number of nitrogens with zero attached hydrogens (tertiary/aromatic N) is 3. The summed E-state index contributed by atoms with van der Waals surface area (Å²) >= 11 is 0. The van der Waals surface area contributed by atoms with Crippen LogP contribution < -0.4 is 4.90 Å². The van der Waals surface area contributed by atoms with Crippen molar-refractivity contribution in [3.05, 3.63) is 65.4 Å². The lowest BCUT2D eigenvalue weighted by atomic mass is 10.0. The van der Waals surface area contributed by atoms with Crippen LogP contribution in [0.15, 0.2) is 48.5 Å². The van der Waals surface area contributed by atoms with Crippen LogP contribution in [-0.4, -0.2) is 45.9 Å². The minimum atomic E-state index is -1.11. The third kappa shape index (κ3) is 2.07. The van der Waals surface area contributed by atoms with Crippen LogP contribution in [0.1, 0.15) is 27.7 Å². The predicted octanol–water partition coefficient (Wildman–Crippen LogP) is 2.25. The van der Waals surface area contributed by atoms with Crippen molar-refractivity contribution in [2.75, 3.05) is 18.5 Å². The van der Waals surface area contributed by atoms with E-state index in [0.29, 0.717) is 23.3 Å². The summed E-state index contributed by atoms with van der Waals surface area (Å²) < 4.78 is 1.87. The third-order valence-corrected chi connectivity index (χ3v) is 5.57. The molecule has 3 aromatic rings. The Balaban J connectivity index is 1.93. The van der Waals surface area contributed by atoms with E-state index in [2.05, 4.69) is 0 Å². The van der Waals surface area contributed by atoms with Gasteiger partial charge in [0.1, 0.15) is 0 Å². The Kier molecular flexibility index (Phi) is 3.37. The normalized spacial score (nSPS) is 18.5. The van der Waals surface area contributed by atoms with Gasteiger partial charge in [0.15, 0.2) is 6.04 Å². The van der Waals surface area contributed by atoms with Gasteiger partial charge in [-0.25, -0.2) is 4.79 Å². The number of carboxylic acids is 1. The van der Waals surface area contributed by atoms with Crippen LogP contribution in [0.3, 0.4) is 0 Å². The summed E-state index contributed by atoms with van der Waals surface area (Å²) in [6, 6.07) is 13.6. The molecule has 2 aliphatic rings. The van der Waals surface area contributed by atoms with Crippen molar-refractivity contribution < 1.29 is 19.5 Å². The Labute approximate surface area is 160 Å². The van der Waals surface area contributed by atoms with Crippen LogP contribution in [0.5, 0.6) is 0 Å². The van der Waals surface area contributed by atoms with Crippen molar-refractivity contribution in [3.63, 3.8) is 0 Å². The highest BCUT2D eigenvalue weighted by Gasteiger charge is 2.46. The van der Waals surface area contributed by atoms with E-state index in [4.69, 9.17) is 0 Å². The molecule has 7 nitrogen and oxygen atoms in total. The van der Waals surface area contributed by atoms with E-state index < -0.39 is 12.0 Å². The second-order valence-corrected chi connectivity index (χ2v) is 7.16. The lowest BCUT2D eigenvalue weighted by Gasteiger charge is -2.38. The topological polar surface area (TPSA) is 82.8 Å². The number of fused-ring (bicyclic) bond motifs is 7. The second-order valence-electron chi connectivity index (χ2n) is 7.16. The van der Waals surface area contributed by atoms with Gasteiger partial charge in [0.2, 0.25) is 5.91 Å². The second kappa shape index (κ2) is 5.69. The van der Waals surface area contributed by atoms with Crippen molar-refractivity contribution >= 4 is 34.4 Å². The molecule has 2 amide bonds. The molecular weight excluding hydrogens is 358 g/mol. The summed E-state index contributed by atoms with van der Waals surface area (Å²) in [4.78, 5) is 41.3. The first-order chi connectivity index (χ1) is 13.5. The van der Waals surface area contributed by atoms with Gasteiger partial charge < -0.3 is 14.6 Å². The number of rotatable bonds is 1. The Morgan fingerprint density at radius 2 is 1.75 bits per heavy atom. The highest BCUT2D eigenvalue weighted by Crippen LogP contribution is 2.42. The average Bonchev–Trinajstić information content (AvgIpc) is 2.90. The van der Waals surface area contributed by atoms with Gasteiger partial charge in [-0.3, -0.25) is 14.5 Å². The van der Waals surface area contributed by atoms with E-state index in [1.807, 2.05) is 41.0 Å². The molecule has 7 heteroatoms. The van der Waals surface area contributed by atoms with E-state index in [0.717, 1.165) is 11.1 Å². The van der Waals surface area contributed by atoms with Crippen molar-refractivity contribution in [1.29, 1.82) is 0 Å². The average molecular weight is 375 g/mol. The molecule has 1 unspecified atom stereocenters. The number of likely N-dealkylation sites (N-methyl/N-ethyl adjacent to an activating group) is 1. The number of aromatic carboxylic acids is 1. The monoisotopic (exact) mass is 375 g/mol. The first-order valence-electron chi connectivity index (χ1n) is 8.98. The molecule has 1 N–H and O–H groups in total. The van der Waals surface area contributed by atoms with Gasteiger partial charge in [-0.05, 0) is 17.7 Å². The Hall–Kier alpha value is -3.61. The molecule has 1 fully saturated rings. The van der Waals surface area contributed by atoms with E-state index in [1.54, 1.807) is 19.2 Å². The highest BCUT2D eigenvalue weighted by molar-refractivity contribution is 6.12. The molecule has 2 aliphatic heterocycles. The van der Waals surface area contributed by atoms with Gasteiger partial charge >= 0.3 is 5.97 Å². The fourth-order valence-electron chi connectivity index (χ4n) is 4.39. The van der Waals surface area contributed by atoms with Crippen LogP contribution in [0, 0.1) is 0 Å². The molecule has 28 heavy (non-hydrogen) atoms. The first-order valence-corrected chi connectivity index (χ1v) is 8.98. The Bertz CT molecular complexity index is 1180. The summed E-state index contributed by atoms with van der Waals surface area (Å²) in [7, 11) is 1.57. The standard InChI is InChI=1S/C21H17N3O4/c1-22-11-16(25)24-14-8-4-2-6-12(14)10-23-15-9-5-3-7-13(15)17(21(27)28)18(23)19(24)20(22)26/h2-9,19H,10-11H2,1H3,(H,27,28). The molecule has 3 heterocycles. The molecule has 0 bridgehead atoms. The van der Waals surface area contributed by atoms with Crippen molar-refractivity contribution in [1.82, 2.24) is 9.47 Å². The lowest BCUT2D eigenvalue weighted by molar-refractivity contribution is -0.140. The molecule has 5 rings (SSSR count). The zero-order chi connectivity index (χ0) is 19.6. The molecule has 1 atom stereocenters. The van der Waals surface area contributed by atoms with Gasteiger partial charge in [0.05, 0.1) is 30.0 Å². The number of carbonyl (C=O) groups excluding carboxylic acids is 2. The predicted molar refractivity (Wildman–Crippen MR) is 102 cm³/mol. The molecule has 1 saturated heterocycles. The molecule has 0 spiro atoms. The summed E-state index contributed by atoms with van der Waals surface area (Å²) in [5, 5.41) is 10.6. The Morgan fingerprint density at radius 1 is 1.04 bits per heavy atom. The van der Waals surface area contributed by atoms with Crippen LogP contribution >= 0.6 is 0 Å². The SMILES string of the molecule is CN1CC(=O)N2c3ccccc3Cn3c(c(C(=O)O)c4ccccc43)C2C1=O. The van der Waals surface area contributed by atoms with Gasteiger partial charge in [-0.2, -0.15) is 0 Å². The number of carboxylic acid groups (broad SMARTS) is 1. The first kappa shape index (κ1) is 16.6. The van der Waals surface area contributed by atoms with E-state index in [1.165, 1.54) is 9.80 Å². The van der Waals surface area contributed by atoms with E-state index >= 15 is 0 Å². The molecule has 140 valence electrons. The van der Waals surface area contributed by atoms with Crippen LogP contribution in [0.2, 0.25) is 0 Å². The molecule has 0 saturated carbocycles. The quantitative estimate of drug-likeness (QED) is 0.707. The number of piperazine rings is 1. The Morgan fingerprint density at radius 3 is 2.54 bits per heavy atom. The van der Waals surface area contributed by atoms with E-state index in [-0.39, 0.29) is 23.9 Å². The fourth-order valence-corrected chi connectivity index (χ4v) is 4.39. The zero-order valence-electron chi connectivity index (χ0n) is 15.1. The van der Waals surface area contributed by atoms with Crippen molar-refractivity contribution in [3.8, 4) is 0 Å². The number of carbonyl (C=O) groups is 3. The molecular formula is C21H17N3O4. The maximum absolute atomic E-state index is 13.2. The van der Waals surface area contributed by atoms with Gasteiger partial charge in [0, 0.05) is 18.0 Å². The van der Waals surface area contributed by atoms with E-state index in [9.17, 15) is 19.5 Å². The number of aromatic nitrogens is 1. The minimum Gasteiger partial charge on any atom is -0.478 e. The summed E-state index contributed by atoms with van der Waals surface area (Å²) in [6.07, 6.45) is 0. The van der Waals surface area contributed by atoms with Crippen molar-refractivity contribution in [2.24, 2.45) is 0 Å². The van der Waals surface area contributed by atoms with Gasteiger partial charge in [0.25, 0.3) is 5.91 Å². The number of amides is 2. The molecule has 2 aromatic carbocycles. The minimum absolute atomic E-state index is 0.0354. The summed E-state index contributed by atoms with van der Waals surface area (Å²) in [6.45, 7) is 0.350. The van der Waals surface area contributed by atoms with Crippen molar-refractivity contribution in [2.45, 2.75) is 12.6 Å². The van der Waals surface area contributed by atoms with Crippen LogP contribution in [-0.2, 0) is 16.1 Å². The zero-order valence-corrected chi connectivity index (χ0v) is 15.1. The molecule has 1 aromatic heterocycles. The smallest absolute Gasteiger partial charge is 0.338 e. The summed E-state index contributed by atoms with van der Waals surface area (Å²) in [5.41, 5.74) is 2.70. The number of benzene rings is 2.